The zero-order valence-corrected chi connectivity index (χ0v) is 15.1. The summed E-state index contributed by atoms with van der Waals surface area (Å²) in [6, 6.07) is 11.0. The predicted octanol–water partition coefficient (Wildman–Crippen LogP) is 4.44. The molecule has 102 valence electrons. The minimum atomic E-state index is -0.779. The highest BCUT2D eigenvalue weighted by Gasteiger charge is 2.39. The van der Waals surface area contributed by atoms with E-state index in [4.69, 9.17) is 0 Å². The fourth-order valence-corrected chi connectivity index (χ4v) is 8.59. The van der Waals surface area contributed by atoms with Crippen molar-refractivity contribution in [2.24, 2.45) is 0 Å². The van der Waals surface area contributed by atoms with Gasteiger partial charge in [-0.2, -0.15) is 0 Å². The topological polar surface area (TPSA) is 0 Å². The molecule has 0 saturated heterocycles. The molecule has 1 aromatic carbocycles. The van der Waals surface area contributed by atoms with Crippen LogP contribution in [0, 0.1) is 0 Å². The molecular weight excluding hydrogens is 263 g/mol. The van der Waals surface area contributed by atoms with E-state index >= 15 is 0 Å². The van der Waals surface area contributed by atoms with E-state index in [1.165, 1.54) is 5.30 Å². The normalized spacial score (nSPS) is 24.4. The molecule has 0 fully saturated rings. The lowest BCUT2D eigenvalue weighted by molar-refractivity contribution is 0.910. The highest BCUT2D eigenvalue weighted by molar-refractivity contribution is 7.50. The van der Waals surface area contributed by atoms with E-state index in [0.29, 0.717) is 0 Å². The molecule has 0 spiro atoms. The Morgan fingerprint density at radius 1 is 0.947 bits per heavy atom. The van der Waals surface area contributed by atoms with Crippen LogP contribution in [-0.4, -0.2) is 14.0 Å². The third-order valence-corrected chi connectivity index (χ3v) is 8.78. The Labute approximate surface area is 121 Å². The van der Waals surface area contributed by atoms with E-state index in [1.807, 2.05) is 0 Å². The standard InChI is InChI=1S/C17H25PSi/c1-12-13(2)16(19(5)6)17(4,14(12)3)18-15-10-8-7-9-11-15/h7-11,18-19H,1-6H3. The number of hydrogen-bond acceptors (Lipinski definition) is 0. The molecular formula is C17H25PSi. The van der Waals surface area contributed by atoms with Crippen molar-refractivity contribution in [3.8, 4) is 0 Å². The molecule has 2 unspecified atom stereocenters. The maximum absolute atomic E-state index is 2.47. The van der Waals surface area contributed by atoms with Gasteiger partial charge in [0.15, 0.2) is 0 Å². The van der Waals surface area contributed by atoms with Gasteiger partial charge in [-0.3, -0.25) is 0 Å². The van der Waals surface area contributed by atoms with Gasteiger partial charge in [0, 0.05) is 5.16 Å². The summed E-state index contributed by atoms with van der Waals surface area (Å²) in [7, 11) is 0.0763. The van der Waals surface area contributed by atoms with E-state index in [9.17, 15) is 0 Å². The lowest BCUT2D eigenvalue weighted by Crippen LogP contribution is -2.30. The largest absolute Gasteiger partial charge is 0.0762 e. The molecule has 1 aliphatic carbocycles. The molecule has 0 N–H and O–H groups in total. The average Bonchev–Trinajstić information content (AvgIpc) is 2.52. The summed E-state index contributed by atoms with van der Waals surface area (Å²) in [5.74, 6) is 0. The van der Waals surface area contributed by atoms with Crippen LogP contribution in [-0.2, 0) is 0 Å². The third kappa shape index (κ3) is 2.51. The van der Waals surface area contributed by atoms with Gasteiger partial charge in [0.1, 0.15) is 0 Å². The molecule has 0 aromatic heterocycles. The van der Waals surface area contributed by atoms with Crippen LogP contribution >= 0.6 is 8.58 Å². The van der Waals surface area contributed by atoms with Crippen molar-refractivity contribution in [2.45, 2.75) is 45.9 Å². The summed E-state index contributed by atoms with van der Waals surface area (Å²) < 4.78 is 0. The van der Waals surface area contributed by atoms with Gasteiger partial charge in [-0.25, -0.2) is 0 Å². The van der Waals surface area contributed by atoms with E-state index in [1.54, 1.807) is 21.9 Å². The Balaban J connectivity index is 2.46. The van der Waals surface area contributed by atoms with Crippen molar-refractivity contribution in [3.63, 3.8) is 0 Å². The van der Waals surface area contributed by atoms with Gasteiger partial charge in [-0.15, -0.1) is 0 Å². The minimum Gasteiger partial charge on any atom is -0.0762 e. The van der Waals surface area contributed by atoms with Crippen LogP contribution in [0.15, 0.2) is 52.2 Å². The summed E-state index contributed by atoms with van der Waals surface area (Å²) in [4.78, 5) is 0. The van der Waals surface area contributed by atoms with Crippen molar-refractivity contribution in [2.75, 3.05) is 0 Å². The molecule has 0 heterocycles. The second-order valence-corrected chi connectivity index (χ2v) is 10.8. The summed E-state index contributed by atoms with van der Waals surface area (Å²) in [5.41, 5.74) is 4.73. The van der Waals surface area contributed by atoms with Crippen molar-refractivity contribution in [1.82, 2.24) is 0 Å². The van der Waals surface area contributed by atoms with E-state index in [-0.39, 0.29) is 5.16 Å². The van der Waals surface area contributed by atoms with Crippen LogP contribution in [0.5, 0.6) is 0 Å². The van der Waals surface area contributed by atoms with Crippen molar-refractivity contribution in [3.05, 3.63) is 52.2 Å². The third-order valence-electron chi connectivity index (χ3n) is 4.56. The van der Waals surface area contributed by atoms with Crippen LogP contribution in [0.2, 0.25) is 13.1 Å². The van der Waals surface area contributed by atoms with Crippen molar-refractivity contribution >= 4 is 22.7 Å². The molecule has 2 rings (SSSR count). The second kappa shape index (κ2) is 5.38. The van der Waals surface area contributed by atoms with Crippen molar-refractivity contribution < 1.29 is 0 Å². The van der Waals surface area contributed by atoms with Gasteiger partial charge in [-0.1, -0.05) is 68.3 Å². The monoisotopic (exact) mass is 288 g/mol. The Morgan fingerprint density at radius 2 is 1.53 bits per heavy atom. The predicted molar refractivity (Wildman–Crippen MR) is 92.7 cm³/mol. The molecule has 0 nitrogen and oxygen atoms in total. The van der Waals surface area contributed by atoms with Gasteiger partial charge in [0.2, 0.25) is 0 Å². The fourth-order valence-electron chi connectivity index (χ4n) is 3.42. The highest BCUT2D eigenvalue weighted by Crippen LogP contribution is 2.52. The lowest BCUT2D eigenvalue weighted by atomic mass is 10.0. The smallest absolute Gasteiger partial charge is 0.0615 e. The molecule has 0 aliphatic heterocycles. The van der Waals surface area contributed by atoms with Crippen LogP contribution in [0.1, 0.15) is 27.7 Å². The molecule has 0 radical (unpaired) electrons. The van der Waals surface area contributed by atoms with Crippen LogP contribution in [0.3, 0.4) is 0 Å². The molecule has 19 heavy (non-hydrogen) atoms. The quantitative estimate of drug-likeness (QED) is 0.570. The van der Waals surface area contributed by atoms with Gasteiger partial charge in [-0.05, 0) is 38.6 Å². The molecule has 2 heteroatoms. The summed E-state index contributed by atoms with van der Waals surface area (Å²) >= 11 is 0. The van der Waals surface area contributed by atoms with E-state index < -0.39 is 8.80 Å². The Kier molecular flexibility index (Phi) is 4.18. The highest BCUT2D eigenvalue weighted by atomic mass is 31.1. The number of benzene rings is 1. The molecule has 1 aliphatic rings. The fraction of sp³-hybridized carbons (Fsp3) is 0.412. The zero-order chi connectivity index (χ0) is 14.2. The van der Waals surface area contributed by atoms with Gasteiger partial charge in [0.05, 0.1) is 8.80 Å². The van der Waals surface area contributed by atoms with E-state index in [2.05, 4.69) is 71.1 Å². The maximum atomic E-state index is 2.47. The first-order valence-electron chi connectivity index (χ1n) is 7.10. The number of allylic oxidation sites excluding steroid dienone is 4. The Hall–Kier alpha value is -0.653. The SMILES string of the molecule is CC1=C(C)C(C)(Pc2ccccc2)C([SiH](C)C)=C1C. The maximum Gasteiger partial charge on any atom is 0.0615 e. The summed E-state index contributed by atoms with van der Waals surface area (Å²) in [6.07, 6.45) is 0. The van der Waals surface area contributed by atoms with Crippen LogP contribution < -0.4 is 5.30 Å². The first kappa shape index (κ1) is 14.7. The molecule has 2 atom stereocenters. The Bertz CT molecular complexity index is 540. The van der Waals surface area contributed by atoms with Crippen LogP contribution in [0.4, 0.5) is 0 Å². The van der Waals surface area contributed by atoms with Gasteiger partial charge < -0.3 is 0 Å². The number of rotatable bonds is 3. The molecule has 0 bridgehead atoms. The molecule has 0 saturated carbocycles. The first-order valence-corrected chi connectivity index (χ1v) is 11.0. The molecule has 1 aromatic rings. The molecule has 0 amide bonds. The van der Waals surface area contributed by atoms with Crippen molar-refractivity contribution in [1.29, 1.82) is 0 Å². The zero-order valence-electron chi connectivity index (χ0n) is 13.0. The van der Waals surface area contributed by atoms with E-state index in [0.717, 1.165) is 8.58 Å². The second-order valence-electron chi connectivity index (χ2n) is 6.06. The van der Waals surface area contributed by atoms with Gasteiger partial charge in [0.25, 0.3) is 0 Å². The van der Waals surface area contributed by atoms with Crippen LogP contribution in [0.25, 0.3) is 0 Å². The first-order chi connectivity index (χ1) is 8.88. The number of hydrogen-bond donors (Lipinski definition) is 0. The average molecular weight is 288 g/mol. The minimum absolute atomic E-state index is 0.288. The summed E-state index contributed by atoms with van der Waals surface area (Å²) in [5, 5.41) is 3.55. The Morgan fingerprint density at radius 3 is 2.05 bits per heavy atom. The summed E-state index contributed by atoms with van der Waals surface area (Å²) in [6.45, 7) is 14.4. The lowest BCUT2D eigenvalue weighted by Gasteiger charge is -2.33. The van der Waals surface area contributed by atoms with Gasteiger partial charge >= 0.3 is 0 Å².